The van der Waals surface area contributed by atoms with Gasteiger partial charge < -0.3 is 0 Å². The van der Waals surface area contributed by atoms with Gasteiger partial charge in [0.25, 0.3) is 0 Å². The molecule has 0 aliphatic rings. The predicted molar refractivity (Wildman–Crippen MR) is 151 cm³/mol. The molecule has 0 aliphatic heterocycles. The number of unbranched alkanes of at least 4 members (excludes halogenated alkanes) is 14. The summed E-state index contributed by atoms with van der Waals surface area (Å²) in [5.74, 6) is 0. The predicted octanol–water partition coefficient (Wildman–Crippen LogP) is 11.7. The van der Waals surface area contributed by atoms with Gasteiger partial charge in [-0.25, -0.2) is 0 Å². The fourth-order valence-electron chi connectivity index (χ4n) is 5.57. The average molecular weight is 456 g/mol. The third-order valence-electron chi connectivity index (χ3n) is 7.68. The van der Waals surface area contributed by atoms with E-state index >= 15 is 0 Å². The molecule has 0 amide bonds. The molecule has 1 unspecified atom stereocenters. The van der Waals surface area contributed by atoms with Crippen LogP contribution in [-0.4, -0.2) is 24.1 Å². The van der Waals surface area contributed by atoms with Crippen LogP contribution in [0, 0.1) is 0 Å². The molecule has 0 saturated carbocycles. The first-order valence-corrected chi connectivity index (χ1v) is 17.5. The van der Waals surface area contributed by atoms with Gasteiger partial charge in [-0.3, -0.25) is 0 Å². The molecule has 0 aromatic rings. The minimum absolute atomic E-state index is 0.816. The van der Waals surface area contributed by atoms with E-state index in [1.165, 1.54) is 103 Å². The summed E-state index contributed by atoms with van der Waals surface area (Å²) in [5, 5.41) is 0. The van der Waals surface area contributed by atoms with E-state index in [9.17, 15) is 0 Å². The second-order valence-corrected chi connectivity index (χ2v) is 15.1. The van der Waals surface area contributed by atoms with Crippen LogP contribution in [-0.2, 0) is 0 Å². The highest BCUT2D eigenvalue weighted by Gasteiger charge is 2.43. The number of hydrogen-bond donors (Lipinski definition) is 0. The molecular formula is C30H64P+. The molecule has 0 heterocycles. The fourth-order valence-corrected chi connectivity index (χ4v) is 11.4. The SMILES string of the molecule is CCCCCCC(CCCCC)[P+](CCCCCC)(CCCCCC)CCCCCC. The van der Waals surface area contributed by atoms with Crippen molar-refractivity contribution in [3.63, 3.8) is 0 Å². The fraction of sp³-hybridized carbons (Fsp3) is 1.00. The van der Waals surface area contributed by atoms with E-state index in [0.29, 0.717) is 0 Å². The van der Waals surface area contributed by atoms with Crippen molar-refractivity contribution in [2.45, 2.75) is 175 Å². The summed E-state index contributed by atoms with van der Waals surface area (Å²) in [7, 11) is -0.816. The Morgan fingerprint density at radius 1 is 0.355 bits per heavy atom. The Bertz CT molecular complexity index is 306. The van der Waals surface area contributed by atoms with Crippen molar-refractivity contribution in [3.8, 4) is 0 Å². The van der Waals surface area contributed by atoms with Crippen LogP contribution in [0.4, 0.5) is 0 Å². The van der Waals surface area contributed by atoms with E-state index in [1.54, 1.807) is 50.6 Å². The highest BCUT2D eigenvalue weighted by atomic mass is 31.2. The lowest BCUT2D eigenvalue weighted by molar-refractivity contribution is 0.559. The molecule has 0 bridgehead atoms. The maximum absolute atomic E-state index is 2.39. The Labute approximate surface area is 200 Å². The lowest BCUT2D eigenvalue weighted by Gasteiger charge is -2.36. The molecule has 0 spiro atoms. The molecule has 31 heavy (non-hydrogen) atoms. The van der Waals surface area contributed by atoms with Gasteiger partial charge in [0.1, 0.15) is 0 Å². The van der Waals surface area contributed by atoms with Crippen LogP contribution in [0.25, 0.3) is 0 Å². The summed E-state index contributed by atoms with van der Waals surface area (Å²) in [6.45, 7) is 11.9. The van der Waals surface area contributed by atoms with E-state index < -0.39 is 7.26 Å². The lowest BCUT2D eigenvalue weighted by atomic mass is 10.1. The number of hydrogen-bond acceptors (Lipinski definition) is 0. The molecule has 0 saturated heterocycles. The molecule has 1 atom stereocenters. The van der Waals surface area contributed by atoms with Crippen molar-refractivity contribution < 1.29 is 0 Å². The second-order valence-electron chi connectivity index (χ2n) is 10.6. The molecule has 0 nitrogen and oxygen atoms in total. The van der Waals surface area contributed by atoms with Crippen molar-refractivity contribution in [1.82, 2.24) is 0 Å². The zero-order chi connectivity index (χ0) is 23.0. The smallest absolute Gasteiger partial charge is 0.0654 e. The largest absolute Gasteiger partial charge is 0.0697 e. The minimum Gasteiger partial charge on any atom is -0.0654 e. The van der Waals surface area contributed by atoms with Crippen LogP contribution >= 0.6 is 7.26 Å². The van der Waals surface area contributed by atoms with Crippen LogP contribution in [0.1, 0.15) is 169 Å². The van der Waals surface area contributed by atoms with Gasteiger partial charge in [-0.2, -0.15) is 0 Å². The molecule has 0 aromatic heterocycles. The quantitative estimate of drug-likeness (QED) is 0.0948. The van der Waals surface area contributed by atoms with Crippen molar-refractivity contribution in [1.29, 1.82) is 0 Å². The summed E-state index contributed by atoms with van der Waals surface area (Å²) in [4.78, 5) is 0. The second kappa shape index (κ2) is 23.6. The summed E-state index contributed by atoms with van der Waals surface area (Å²) in [5.41, 5.74) is 1.11. The van der Waals surface area contributed by atoms with Crippen LogP contribution in [0.5, 0.6) is 0 Å². The lowest BCUT2D eigenvalue weighted by Crippen LogP contribution is -2.23. The summed E-state index contributed by atoms with van der Waals surface area (Å²) < 4.78 is 0. The summed E-state index contributed by atoms with van der Waals surface area (Å²) in [6.07, 6.45) is 36.0. The monoisotopic (exact) mass is 455 g/mol. The topological polar surface area (TPSA) is 0 Å². The Morgan fingerprint density at radius 2 is 0.645 bits per heavy atom. The van der Waals surface area contributed by atoms with Gasteiger partial charge in [-0.15, -0.1) is 0 Å². The number of rotatable bonds is 25. The normalized spacial score (nSPS) is 13.1. The van der Waals surface area contributed by atoms with Crippen LogP contribution in [0.3, 0.4) is 0 Å². The molecule has 0 fully saturated rings. The summed E-state index contributed by atoms with van der Waals surface area (Å²) in [6, 6.07) is 0. The molecule has 0 aromatic carbocycles. The maximum atomic E-state index is 2.39. The van der Waals surface area contributed by atoms with Gasteiger partial charge in [0.05, 0.1) is 24.1 Å². The van der Waals surface area contributed by atoms with E-state index in [4.69, 9.17) is 0 Å². The van der Waals surface area contributed by atoms with Crippen molar-refractivity contribution in [2.75, 3.05) is 18.5 Å². The molecular weight excluding hydrogens is 391 g/mol. The molecule has 1 heteroatoms. The Balaban J connectivity index is 5.41. The van der Waals surface area contributed by atoms with E-state index in [-0.39, 0.29) is 0 Å². The molecule has 0 N–H and O–H groups in total. The minimum atomic E-state index is -0.816. The molecule has 0 aliphatic carbocycles. The molecule has 0 radical (unpaired) electrons. The average Bonchev–Trinajstić information content (AvgIpc) is 2.78. The van der Waals surface area contributed by atoms with Gasteiger partial charge in [0.15, 0.2) is 0 Å². The first-order valence-electron chi connectivity index (χ1n) is 15.1. The van der Waals surface area contributed by atoms with Gasteiger partial charge in [0.2, 0.25) is 0 Å². The maximum Gasteiger partial charge on any atom is 0.0697 e. The summed E-state index contributed by atoms with van der Waals surface area (Å²) >= 11 is 0. The standard InChI is InChI=1S/C30H64P/c1-6-11-16-21-26-30(25-20-15-10-5)31(27-22-17-12-7-2,28-23-18-13-8-3)29-24-19-14-9-4/h30H,6-29H2,1-5H3/q+1. The first kappa shape index (κ1) is 31.4. The Kier molecular flexibility index (Phi) is 23.9. The van der Waals surface area contributed by atoms with Crippen molar-refractivity contribution in [3.05, 3.63) is 0 Å². The van der Waals surface area contributed by atoms with Crippen molar-refractivity contribution in [2.24, 2.45) is 0 Å². The van der Waals surface area contributed by atoms with E-state index in [1.807, 2.05) is 0 Å². The molecule has 188 valence electrons. The highest BCUT2D eigenvalue weighted by Crippen LogP contribution is 2.67. The van der Waals surface area contributed by atoms with Gasteiger partial charge >= 0.3 is 0 Å². The Morgan fingerprint density at radius 3 is 1.00 bits per heavy atom. The first-order chi connectivity index (χ1) is 15.2. The third-order valence-corrected chi connectivity index (χ3v) is 13.4. The van der Waals surface area contributed by atoms with Crippen LogP contribution < -0.4 is 0 Å². The van der Waals surface area contributed by atoms with E-state index in [2.05, 4.69) is 34.6 Å². The zero-order valence-corrected chi connectivity index (χ0v) is 23.9. The van der Waals surface area contributed by atoms with Gasteiger partial charge in [-0.1, -0.05) is 105 Å². The third kappa shape index (κ3) is 16.7. The van der Waals surface area contributed by atoms with E-state index in [0.717, 1.165) is 5.66 Å². The highest BCUT2D eigenvalue weighted by molar-refractivity contribution is 7.76. The molecule has 0 rings (SSSR count). The van der Waals surface area contributed by atoms with Crippen LogP contribution in [0.2, 0.25) is 0 Å². The van der Waals surface area contributed by atoms with Gasteiger partial charge in [0, 0.05) is 7.26 Å². The van der Waals surface area contributed by atoms with Gasteiger partial charge in [-0.05, 0) is 64.2 Å². The van der Waals surface area contributed by atoms with Crippen LogP contribution in [0.15, 0.2) is 0 Å². The zero-order valence-electron chi connectivity index (χ0n) is 23.0. The Hall–Kier alpha value is 0.430. The van der Waals surface area contributed by atoms with Crippen molar-refractivity contribution >= 4 is 7.26 Å².